The number of hydrogen-bond acceptors (Lipinski definition) is 4. The molecule has 52 heavy (non-hydrogen) atoms. The Morgan fingerprint density at radius 2 is 1.04 bits per heavy atom. The van der Waals surface area contributed by atoms with Crippen molar-refractivity contribution in [2.45, 2.75) is 16.1 Å². The number of thiophene rings is 1. The highest BCUT2D eigenvalue weighted by Gasteiger charge is 2.38. The van der Waals surface area contributed by atoms with Crippen LogP contribution in [0, 0.1) is 0 Å². The summed E-state index contributed by atoms with van der Waals surface area (Å²) in [5.41, 5.74) is 10.9. The number of rotatable bonds is 7. The number of allylic oxidation sites excluding steroid dienone is 3. The molecule has 0 bridgehead atoms. The molecular formula is C48H34N2S2. The van der Waals surface area contributed by atoms with E-state index in [1.807, 2.05) is 23.1 Å². The van der Waals surface area contributed by atoms with Crippen LogP contribution in [0.5, 0.6) is 0 Å². The third kappa shape index (κ3) is 5.34. The summed E-state index contributed by atoms with van der Waals surface area (Å²) in [4.78, 5) is 6.22. The van der Waals surface area contributed by atoms with Gasteiger partial charge in [0, 0.05) is 54.7 Å². The number of benzene rings is 7. The Hall–Kier alpha value is -5.81. The Balaban J connectivity index is 0.994. The topological polar surface area (TPSA) is 6.48 Å². The highest BCUT2D eigenvalue weighted by atomic mass is 32.2. The van der Waals surface area contributed by atoms with E-state index in [9.17, 15) is 0 Å². The number of anilines is 5. The smallest absolute Gasteiger partial charge is 0.0640 e. The van der Waals surface area contributed by atoms with Crippen LogP contribution < -0.4 is 9.80 Å². The molecule has 0 amide bonds. The van der Waals surface area contributed by atoms with E-state index in [1.165, 1.54) is 58.8 Å². The maximum absolute atomic E-state index is 2.44. The molecule has 1 aromatic heterocycles. The summed E-state index contributed by atoms with van der Waals surface area (Å²) in [6.07, 6.45) is 6.91. The van der Waals surface area contributed by atoms with E-state index in [-0.39, 0.29) is 0 Å². The fourth-order valence-electron chi connectivity index (χ4n) is 7.80. The van der Waals surface area contributed by atoms with Gasteiger partial charge in [0.25, 0.3) is 0 Å². The van der Waals surface area contributed by atoms with E-state index in [1.54, 1.807) is 0 Å². The summed E-state index contributed by atoms with van der Waals surface area (Å²) in [5.74, 6) is 0.367. The highest BCUT2D eigenvalue weighted by molar-refractivity contribution is 8.00. The first-order valence-electron chi connectivity index (χ1n) is 17.8. The van der Waals surface area contributed by atoms with Crippen molar-refractivity contribution in [2.75, 3.05) is 9.80 Å². The third-order valence-electron chi connectivity index (χ3n) is 10.2. The second-order valence-corrected chi connectivity index (χ2v) is 15.5. The Morgan fingerprint density at radius 1 is 0.462 bits per heavy atom. The molecule has 8 aromatic rings. The number of nitrogens with zero attached hydrogens (tertiary/aromatic N) is 2. The maximum Gasteiger partial charge on any atom is 0.0640 e. The first-order valence-corrected chi connectivity index (χ1v) is 19.4. The first-order chi connectivity index (χ1) is 25.8. The first kappa shape index (κ1) is 31.0. The largest absolute Gasteiger partial charge is 0.313 e. The molecule has 4 heteroatoms. The molecule has 0 radical (unpaired) electrons. The summed E-state index contributed by atoms with van der Waals surface area (Å²) < 4.78 is 2.61. The van der Waals surface area contributed by atoms with E-state index >= 15 is 0 Å². The molecule has 0 spiro atoms. The van der Waals surface area contributed by atoms with Crippen molar-refractivity contribution in [1.82, 2.24) is 0 Å². The SMILES string of the molecule is C1=CC2c3ccccc3SC2C(N(c2ccccc2)c2ccc(-c3ccc(N(c4ccccc4)c4cccc5c4sc4ccccc45)cc3)cc2)=C1. The predicted octanol–water partition coefficient (Wildman–Crippen LogP) is 14.0. The summed E-state index contributed by atoms with van der Waals surface area (Å²) in [6.45, 7) is 0. The Kier molecular flexibility index (Phi) is 7.78. The Morgan fingerprint density at radius 3 is 1.77 bits per heavy atom. The lowest BCUT2D eigenvalue weighted by atomic mass is 9.90. The van der Waals surface area contributed by atoms with Crippen molar-refractivity contribution in [3.05, 3.63) is 205 Å². The average Bonchev–Trinajstić information content (AvgIpc) is 3.79. The normalized spacial score (nSPS) is 16.0. The lowest BCUT2D eigenvalue weighted by Crippen LogP contribution is -2.27. The van der Waals surface area contributed by atoms with E-state index in [2.05, 4.69) is 204 Å². The minimum Gasteiger partial charge on any atom is -0.313 e. The average molecular weight is 703 g/mol. The van der Waals surface area contributed by atoms with Gasteiger partial charge < -0.3 is 9.80 Å². The molecule has 2 nitrogen and oxygen atoms in total. The second-order valence-electron chi connectivity index (χ2n) is 13.3. The van der Waals surface area contributed by atoms with Gasteiger partial charge in [0.1, 0.15) is 0 Å². The standard InChI is InChI=1S/C48H34N2S2/c1-3-13-35(14-4-1)49(43-21-11-19-41-39-17-7-9-23-45(39)51-47(41)43)37-29-25-33(26-30-37)34-27-31-38(32-28-34)50(36-15-5-2-6-16-36)44-22-12-20-42-40-18-8-10-24-46(40)52-48(42)44/h1-32,41,47H. The minimum atomic E-state index is 0.320. The van der Waals surface area contributed by atoms with E-state index in [4.69, 9.17) is 0 Å². The maximum atomic E-state index is 2.44. The molecule has 7 aromatic carbocycles. The second kappa shape index (κ2) is 13.1. The van der Waals surface area contributed by atoms with E-state index in [0.717, 1.165) is 17.1 Å². The number of thioether (sulfide) groups is 1. The van der Waals surface area contributed by atoms with Crippen LogP contribution >= 0.6 is 23.1 Å². The van der Waals surface area contributed by atoms with Crippen molar-refractivity contribution in [2.24, 2.45) is 0 Å². The molecule has 2 heterocycles. The van der Waals surface area contributed by atoms with Crippen LogP contribution in [0.2, 0.25) is 0 Å². The van der Waals surface area contributed by atoms with Gasteiger partial charge >= 0.3 is 0 Å². The predicted molar refractivity (Wildman–Crippen MR) is 224 cm³/mol. The molecule has 0 fully saturated rings. The van der Waals surface area contributed by atoms with Gasteiger partial charge in [-0.2, -0.15) is 0 Å². The van der Waals surface area contributed by atoms with Crippen molar-refractivity contribution in [1.29, 1.82) is 0 Å². The summed E-state index contributed by atoms with van der Waals surface area (Å²) in [6, 6.07) is 63.9. The van der Waals surface area contributed by atoms with Gasteiger partial charge in [-0.3, -0.25) is 0 Å². The van der Waals surface area contributed by atoms with Crippen molar-refractivity contribution in [3.8, 4) is 11.1 Å². The summed E-state index contributed by atoms with van der Waals surface area (Å²) in [5, 5.41) is 2.93. The van der Waals surface area contributed by atoms with Crippen molar-refractivity contribution < 1.29 is 0 Å². The van der Waals surface area contributed by atoms with Crippen LogP contribution in [0.3, 0.4) is 0 Å². The molecule has 1 aliphatic heterocycles. The van der Waals surface area contributed by atoms with Gasteiger partial charge in [-0.05, 0) is 89.5 Å². The fourth-order valence-corrected chi connectivity index (χ4v) is 10.5. The van der Waals surface area contributed by atoms with Crippen LogP contribution in [0.4, 0.5) is 28.4 Å². The van der Waals surface area contributed by atoms with Crippen LogP contribution in [-0.2, 0) is 0 Å². The van der Waals surface area contributed by atoms with E-state index < -0.39 is 0 Å². The molecule has 0 saturated carbocycles. The van der Waals surface area contributed by atoms with Crippen LogP contribution in [0.25, 0.3) is 31.3 Å². The Labute approximate surface area is 312 Å². The van der Waals surface area contributed by atoms with E-state index in [0.29, 0.717) is 11.2 Å². The van der Waals surface area contributed by atoms with Crippen LogP contribution in [-0.4, -0.2) is 5.25 Å². The molecular weight excluding hydrogens is 669 g/mol. The number of para-hydroxylation sites is 2. The zero-order chi connectivity index (χ0) is 34.4. The molecule has 0 saturated heterocycles. The zero-order valence-corrected chi connectivity index (χ0v) is 30.0. The quantitative estimate of drug-likeness (QED) is 0.163. The Bertz CT molecular complexity index is 2610. The van der Waals surface area contributed by atoms with Gasteiger partial charge in [-0.15, -0.1) is 23.1 Å². The van der Waals surface area contributed by atoms with Crippen molar-refractivity contribution >= 4 is 71.7 Å². The summed E-state index contributed by atoms with van der Waals surface area (Å²) in [7, 11) is 0. The van der Waals surface area contributed by atoms with Gasteiger partial charge in [0.15, 0.2) is 0 Å². The monoisotopic (exact) mass is 702 g/mol. The van der Waals surface area contributed by atoms with Gasteiger partial charge in [0.2, 0.25) is 0 Å². The molecule has 2 atom stereocenters. The fraction of sp³-hybridized carbons (Fsp3) is 0.0417. The van der Waals surface area contributed by atoms with Gasteiger partial charge in [-0.25, -0.2) is 0 Å². The van der Waals surface area contributed by atoms with Gasteiger partial charge in [0.05, 0.1) is 15.6 Å². The van der Waals surface area contributed by atoms with Crippen LogP contribution in [0.15, 0.2) is 205 Å². The van der Waals surface area contributed by atoms with Crippen LogP contribution in [0.1, 0.15) is 11.5 Å². The number of fused-ring (bicyclic) bond motifs is 6. The molecule has 10 rings (SSSR count). The number of hydrogen-bond donors (Lipinski definition) is 0. The third-order valence-corrected chi connectivity index (χ3v) is 12.9. The molecule has 2 unspecified atom stereocenters. The summed E-state index contributed by atoms with van der Waals surface area (Å²) >= 11 is 3.85. The molecule has 2 aliphatic rings. The lowest BCUT2D eigenvalue weighted by molar-refractivity contribution is 0.823. The minimum absolute atomic E-state index is 0.320. The van der Waals surface area contributed by atoms with Gasteiger partial charge in [-0.1, -0.05) is 121 Å². The molecule has 0 N–H and O–H groups in total. The van der Waals surface area contributed by atoms with Crippen molar-refractivity contribution in [3.63, 3.8) is 0 Å². The lowest BCUT2D eigenvalue weighted by Gasteiger charge is -2.34. The molecule has 1 aliphatic carbocycles. The zero-order valence-electron chi connectivity index (χ0n) is 28.3. The molecule has 248 valence electrons. The highest BCUT2D eigenvalue weighted by Crippen LogP contribution is 2.52.